The van der Waals surface area contributed by atoms with E-state index in [0.717, 1.165) is 51.4 Å². The summed E-state index contributed by atoms with van der Waals surface area (Å²) in [5.41, 5.74) is 0.810. The largest absolute Gasteiger partial charge is 0.394 e. The number of hydrogen-bond acceptors (Lipinski definition) is 15. The lowest BCUT2D eigenvalue weighted by Gasteiger charge is -2.71. The number of amides is 1. The van der Waals surface area contributed by atoms with Gasteiger partial charge in [0.25, 0.3) is 0 Å². The highest BCUT2D eigenvalue weighted by Crippen LogP contribution is 2.76. The van der Waals surface area contributed by atoms with Crippen LogP contribution in [-0.4, -0.2) is 152 Å². The van der Waals surface area contributed by atoms with Crippen LogP contribution < -0.4 is 5.32 Å². The summed E-state index contributed by atoms with van der Waals surface area (Å²) < 4.78 is 37.4. The minimum atomic E-state index is -1.74. The zero-order valence-electron chi connectivity index (χ0n) is 42.9. The predicted molar refractivity (Wildman–Crippen MR) is 260 cm³/mol. The Morgan fingerprint density at radius 3 is 1.93 bits per heavy atom. The molecule has 0 aromatic heterocycles. The van der Waals surface area contributed by atoms with E-state index in [-0.39, 0.29) is 34.0 Å². The molecule has 5 aliphatic carbocycles. The number of ether oxygens (including phenoxy) is 6. The Bertz CT molecular complexity index is 2130. The van der Waals surface area contributed by atoms with E-state index < -0.39 is 116 Å². The highest BCUT2D eigenvalue weighted by Gasteiger charge is 2.70. The topological polar surface area (TPSA) is 246 Å². The Kier molecular flexibility index (Phi) is 14.9. The molecular weight excluding hydrogens is 938 g/mol. The van der Waals surface area contributed by atoms with Gasteiger partial charge in [0.05, 0.1) is 41.0 Å². The Balaban J connectivity index is 0.985. The highest BCUT2D eigenvalue weighted by atomic mass is 35.5. The molecule has 9 rings (SSSR count). The third kappa shape index (κ3) is 8.61. The molecular formula is C54H82ClNO15. The summed E-state index contributed by atoms with van der Waals surface area (Å²) in [5.74, 6) is 1.49. The summed E-state index contributed by atoms with van der Waals surface area (Å²) in [6, 6.07) is 7.48. The quantitative estimate of drug-likeness (QED) is 0.119. The second-order valence-corrected chi connectivity index (χ2v) is 24.9. The number of allylic oxidation sites excluding steroid dienone is 2. The van der Waals surface area contributed by atoms with Crippen LogP contribution in [0.5, 0.6) is 0 Å². The fourth-order valence-electron chi connectivity index (χ4n) is 16.1. The van der Waals surface area contributed by atoms with E-state index in [2.05, 4.69) is 59.9 Å². The summed E-state index contributed by atoms with van der Waals surface area (Å²) in [6.45, 7) is 19.0. The molecule has 0 spiro atoms. The van der Waals surface area contributed by atoms with Gasteiger partial charge in [0.2, 0.25) is 5.91 Å². The second-order valence-electron chi connectivity index (χ2n) is 24.5. The Morgan fingerprint density at radius 1 is 0.690 bits per heavy atom. The SMILES string of the molecule is C[C@H]1[C@H](C)CC[C@]2(C(=O)Nc3ccccc3Cl)CC[C@]3(C)C(=CC[C@@H]4[C@@]5(C)CC[C@H](O[C@@H]6O[C@H](CO)[C@@H](O[C@@H]7O[C@@H](C)[C@H](O)[C@@H](O)[C@H]7O)[C@H](O)[C@H]6O[C@@H]6O[C@@H](C)[C@H](O)[C@@H](O)[C@H]6O)C(C)(C)[C@@H]5CC[C@]43C)[C@H]12. The Hall–Kier alpha value is -1.84. The van der Waals surface area contributed by atoms with Gasteiger partial charge in [-0.3, -0.25) is 4.79 Å². The third-order valence-electron chi connectivity index (χ3n) is 20.8. The van der Waals surface area contributed by atoms with Crippen LogP contribution in [0.15, 0.2) is 35.9 Å². The standard InChI is InChI=1S/C54H82ClNO15/c1-25-16-21-54(49(65)56-31-13-11-10-12-30(31)55)23-22-52(8)29(36(54)26(25)2)14-15-34-51(7)19-18-35(50(5,6)33(51)17-20-53(34,52)9)69-48-45(71-47-42(63)40(61)38(59)28(4)67-47)43(64)44(32(24-57)68-48)70-46-41(62)39(60)37(58)27(3)66-46/h10-14,25-28,32-48,57-64H,15-24H2,1-9H3,(H,56,65)/t25-,26+,27+,28+,32-,33+,34-,35+,36+,37+,38+,39-,40-,41-,42-,43+,44-,45-,46+,47+,48+,51+,52-,53-,54+/m1/s1. The van der Waals surface area contributed by atoms with Gasteiger partial charge in [-0.05, 0) is 135 Å². The van der Waals surface area contributed by atoms with Crippen molar-refractivity contribution in [3.05, 3.63) is 40.9 Å². The summed E-state index contributed by atoms with van der Waals surface area (Å²) in [7, 11) is 0. The summed E-state index contributed by atoms with van der Waals surface area (Å²) in [6.07, 6.45) is -12.0. The average molecular weight is 1020 g/mol. The molecule has 8 aliphatic rings. The number of benzene rings is 1. The monoisotopic (exact) mass is 1020 g/mol. The lowest BCUT2D eigenvalue weighted by Crippen LogP contribution is -2.68. The zero-order valence-corrected chi connectivity index (χ0v) is 43.7. The van der Waals surface area contributed by atoms with Gasteiger partial charge in [-0.15, -0.1) is 0 Å². The van der Waals surface area contributed by atoms with E-state index in [4.69, 9.17) is 40.0 Å². The number of anilines is 1. The van der Waals surface area contributed by atoms with Crippen LogP contribution in [0, 0.1) is 56.7 Å². The molecule has 25 atom stereocenters. The van der Waals surface area contributed by atoms with Crippen LogP contribution in [-0.2, 0) is 33.2 Å². The lowest BCUT2D eigenvalue weighted by molar-refractivity contribution is -0.393. The molecule has 0 unspecified atom stereocenters. The van der Waals surface area contributed by atoms with Gasteiger partial charge < -0.3 is 74.6 Å². The van der Waals surface area contributed by atoms with Crippen molar-refractivity contribution in [3.8, 4) is 0 Å². The van der Waals surface area contributed by atoms with Gasteiger partial charge in [0, 0.05) is 0 Å². The van der Waals surface area contributed by atoms with Crippen LogP contribution in [0.25, 0.3) is 0 Å². The van der Waals surface area contributed by atoms with Crippen molar-refractivity contribution < 1.29 is 74.1 Å². The van der Waals surface area contributed by atoms with Crippen molar-refractivity contribution in [1.29, 1.82) is 0 Å². The number of fused-ring (bicyclic) bond motifs is 7. The first kappa shape index (κ1) is 54.0. The predicted octanol–water partition coefficient (Wildman–Crippen LogP) is 4.82. The third-order valence-corrected chi connectivity index (χ3v) is 21.1. The van der Waals surface area contributed by atoms with Crippen LogP contribution in [0.4, 0.5) is 5.69 Å². The lowest BCUT2D eigenvalue weighted by atomic mass is 9.33. The molecule has 7 fully saturated rings. The first-order valence-corrected chi connectivity index (χ1v) is 26.8. The second kappa shape index (κ2) is 19.6. The van der Waals surface area contributed by atoms with Crippen molar-refractivity contribution in [3.63, 3.8) is 0 Å². The Labute approximate surface area is 423 Å². The molecule has 3 heterocycles. The highest BCUT2D eigenvalue weighted by molar-refractivity contribution is 6.33. The van der Waals surface area contributed by atoms with Gasteiger partial charge in [0.1, 0.15) is 61.0 Å². The van der Waals surface area contributed by atoms with Gasteiger partial charge in [-0.2, -0.15) is 0 Å². The summed E-state index contributed by atoms with van der Waals surface area (Å²) in [5, 5.41) is 91.0. The van der Waals surface area contributed by atoms with Crippen molar-refractivity contribution in [2.45, 2.75) is 218 Å². The van der Waals surface area contributed by atoms with Gasteiger partial charge in [-0.1, -0.05) is 83.8 Å². The minimum Gasteiger partial charge on any atom is -0.394 e. The van der Waals surface area contributed by atoms with Crippen LogP contribution in [0.1, 0.15) is 120 Å². The van der Waals surface area contributed by atoms with Crippen molar-refractivity contribution in [2.24, 2.45) is 56.7 Å². The molecule has 400 valence electrons. The summed E-state index contributed by atoms with van der Waals surface area (Å²) >= 11 is 6.61. The molecule has 16 nitrogen and oxygen atoms in total. The maximum Gasteiger partial charge on any atom is 0.231 e. The van der Waals surface area contributed by atoms with Gasteiger partial charge in [-0.25, -0.2) is 0 Å². The molecule has 0 radical (unpaired) electrons. The van der Waals surface area contributed by atoms with Gasteiger partial charge in [0.15, 0.2) is 18.9 Å². The number of hydrogen-bond donors (Lipinski definition) is 9. The van der Waals surface area contributed by atoms with Crippen LogP contribution in [0.2, 0.25) is 5.02 Å². The molecule has 1 aromatic rings. The Morgan fingerprint density at radius 2 is 1.31 bits per heavy atom. The number of nitrogens with one attached hydrogen (secondary N) is 1. The normalized spacial score (nSPS) is 51.7. The van der Waals surface area contributed by atoms with Crippen molar-refractivity contribution in [2.75, 3.05) is 11.9 Å². The van der Waals surface area contributed by atoms with Crippen molar-refractivity contribution >= 4 is 23.2 Å². The smallest absolute Gasteiger partial charge is 0.231 e. The summed E-state index contributed by atoms with van der Waals surface area (Å²) in [4.78, 5) is 14.8. The molecule has 17 heteroatoms. The fourth-order valence-corrected chi connectivity index (χ4v) is 16.3. The van der Waals surface area contributed by atoms with E-state index in [1.807, 2.05) is 24.3 Å². The van der Waals surface area contributed by atoms with E-state index in [1.54, 1.807) is 0 Å². The van der Waals surface area contributed by atoms with Gasteiger partial charge >= 0.3 is 0 Å². The average Bonchev–Trinajstić information content (AvgIpc) is 3.33. The molecule has 0 bridgehead atoms. The number of rotatable bonds is 9. The minimum absolute atomic E-state index is 0.0611. The number of carbonyl (C=O) groups is 1. The van der Waals surface area contributed by atoms with E-state index in [1.165, 1.54) is 19.4 Å². The number of carbonyl (C=O) groups excluding carboxylic acids is 1. The molecule has 9 N–H and O–H groups in total. The molecule has 1 aromatic carbocycles. The van der Waals surface area contributed by atoms with E-state index >= 15 is 0 Å². The maximum absolute atomic E-state index is 14.8. The van der Waals surface area contributed by atoms with Crippen molar-refractivity contribution in [1.82, 2.24) is 0 Å². The maximum atomic E-state index is 14.8. The first-order chi connectivity index (χ1) is 33.4. The van der Waals surface area contributed by atoms with E-state index in [0.29, 0.717) is 34.9 Å². The molecule has 3 saturated heterocycles. The van der Waals surface area contributed by atoms with E-state index in [9.17, 15) is 45.6 Å². The first-order valence-electron chi connectivity index (χ1n) is 26.4. The number of para-hydroxylation sites is 1. The zero-order chi connectivity index (χ0) is 51.5. The molecule has 4 saturated carbocycles. The number of aliphatic hydroxyl groups excluding tert-OH is 8. The molecule has 1 amide bonds. The number of aliphatic hydroxyl groups is 8. The number of halogens is 1. The molecule has 3 aliphatic heterocycles. The molecule has 71 heavy (non-hydrogen) atoms. The van der Waals surface area contributed by atoms with Crippen LogP contribution in [0.3, 0.4) is 0 Å². The van der Waals surface area contributed by atoms with Crippen LogP contribution >= 0.6 is 11.6 Å². The fraction of sp³-hybridized carbons (Fsp3) is 0.833.